The Kier molecular flexibility index (Phi) is 4.46. The second-order valence-corrected chi connectivity index (χ2v) is 3.79. The van der Waals surface area contributed by atoms with Crippen LogP contribution in [0.4, 0.5) is 5.69 Å². The summed E-state index contributed by atoms with van der Waals surface area (Å²) in [6.07, 6.45) is 1.56. The van der Waals surface area contributed by atoms with Crippen molar-refractivity contribution in [2.75, 3.05) is 18.0 Å². The number of nitrogens with zero attached hydrogens (tertiary/aromatic N) is 3. The van der Waals surface area contributed by atoms with E-state index in [0.29, 0.717) is 18.8 Å². The second kappa shape index (κ2) is 5.85. The average Bonchev–Trinajstić information content (AvgIpc) is 2.35. The van der Waals surface area contributed by atoms with Crippen molar-refractivity contribution in [3.8, 4) is 6.07 Å². The highest BCUT2D eigenvalue weighted by Crippen LogP contribution is 2.15. The fourth-order valence-corrected chi connectivity index (χ4v) is 1.50. The SMILES string of the molecule is CCN(CC(C)C(=O)O)c1ccnc(C#N)c1. The monoisotopic (exact) mass is 233 g/mol. The molecule has 0 spiro atoms. The van der Waals surface area contributed by atoms with E-state index in [4.69, 9.17) is 10.4 Å². The van der Waals surface area contributed by atoms with Crippen LogP contribution in [0.15, 0.2) is 18.3 Å². The van der Waals surface area contributed by atoms with Gasteiger partial charge in [-0.1, -0.05) is 6.92 Å². The molecule has 1 N–H and O–H groups in total. The Morgan fingerprint density at radius 3 is 2.94 bits per heavy atom. The third kappa shape index (κ3) is 3.45. The Hall–Kier alpha value is -2.09. The molecule has 0 saturated heterocycles. The third-order valence-electron chi connectivity index (χ3n) is 2.52. The summed E-state index contributed by atoms with van der Waals surface area (Å²) >= 11 is 0. The molecule has 90 valence electrons. The first-order valence-electron chi connectivity index (χ1n) is 5.42. The first-order chi connectivity index (χ1) is 8.08. The number of pyridine rings is 1. The van der Waals surface area contributed by atoms with Gasteiger partial charge in [-0.25, -0.2) is 4.98 Å². The van der Waals surface area contributed by atoms with Gasteiger partial charge >= 0.3 is 5.97 Å². The topological polar surface area (TPSA) is 77.2 Å². The first kappa shape index (κ1) is 13.0. The summed E-state index contributed by atoms with van der Waals surface area (Å²) in [4.78, 5) is 16.6. The van der Waals surface area contributed by atoms with Crippen LogP contribution in [0.25, 0.3) is 0 Å². The van der Waals surface area contributed by atoms with Crippen LogP contribution in [-0.2, 0) is 4.79 Å². The maximum atomic E-state index is 10.8. The van der Waals surface area contributed by atoms with Crippen molar-refractivity contribution < 1.29 is 9.90 Å². The number of rotatable bonds is 5. The maximum Gasteiger partial charge on any atom is 0.308 e. The zero-order chi connectivity index (χ0) is 12.8. The molecule has 1 heterocycles. The van der Waals surface area contributed by atoms with Gasteiger partial charge in [0.15, 0.2) is 0 Å². The van der Waals surface area contributed by atoms with Gasteiger partial charge in [-0.2, -0.15) is 5.26 Å². The number of nitriles is 1. The molecule has 0 saturated carbocycles. The molecule has 0 fully saturated rings. The van der Waals surface area contributed by atoms with E-state index in [1.165, 1.54) is 0 Å². The number of hydrogen-bond donors (Lipinski definition) is 1. The molecule has 0 radical (unpaired) electrons. The van der Waals surface area contributed by atoms with Crippen molar-refractivity contribution in [3.05, 3.63) is 24.0 Å². The fourth-order valence-electron chi connectivity index (χ4n) is 1.50. The fraction of sp³-hybridized carbons (Fsp3) is 0.417. The van der Waals surface area contributed by atoms with Crippen LogP contribution in [0.2, 0.25) is 0 Å². The molecule has 0 aliphatic rings. The zero-order valence-corrected chi connectivity index (χ0v) is 9.92. The van der Waals surface area contributed by atoms with Crippen LogP contribution in [-0.4, -0.2) is 29.1 Å². The van der Waals surface area contributed by atoms with Gasteiger partial charge < -0.3 is 10.0 Å². The summed E-state index contributed by atoms with van der Waals surface area (Å²) in [5.74, 6) is -1.27. The smallest absolute Gasteiger partial charge is 0.308 e. The van der Waals surface area contributed by atoms with Gasteiger partial charge in [-0.05, 0) is 19.1 Å². The van der Waals surface area contributed by atoms with E-state index < -0.39 is 11.9 Å². The number of carboxylic acid groups (broad SMARTS) is 1. The molecule has 1 aromatic heterocycles. The molecule has 0 bridgehead atoms. The van der Waals surface area contributed by atoms with Crippen molar-refractivity contribution in [2.24, 2.45) is 5.92 Å². The van der Waals surface area contributed by atoms with Gasteiger partial charge in [0, 0.05) is 25.0 Å². The van der Waals surface area contributed by atoms with E-state index in [9.17, 15) is 4.79 Å². The van der Waals surface area contributed by atoms with Crippen molar-refractivity contribution in [3.63, 3.8) is 0 Å². The van der Waals surface area contributed by atoms with Crippen molar-refractivity contribution in [1.82, 2.24) is 4.98 Å². The number of carbonyl (C=O) groups is 1. The largest absolute Gasteiger partial charge is 0.481 e. The van der Waals surface area contributed by atoms with E-state index in [2.05, 4.69) is 4.98 Å². The van der Waals surface area contributed by atoms with E-state index in [-0.39, 0.29) is 0 Å². The van der Waals surface area contributed by atoms with E-state index in [1.54, 1.807) is 25.3 Å². The quantitative estimate of drug-likeness (QED) is 0.833. The summed E-state index contributed by atoms with van der Waals surface area (Å²) in [7, 11) is 0. The van der Waals surface area contributed by atoms with E-state index >= 15 is 0 Å². The lowest BCUT2D eigenvalue weighted by Gasteiger charge is -2.24. The van der Waals surface area contributed by atoms with E-state index in [1.807, 2.05) is 17.9 Å². The van der Waals surface area contributed by atoms with Crippen LogP contribution in [0.1, 0.15) is 19.5 Å². The molecule has 0 aromatic carbocycles. The molecule has 0 amide bonds. The van der Waals surface area contributed by atoms with Gasteiger partial charge in [0.25, 0.3) is 0 Å². The Balaban J connectivity index is 2.86. The van der Waals surface area contributed by atoms with Gasteiger partial charge in [-0.15, -0.1) is 0 Å². The van der Waals surface area contributed by atoms with Crippen molar-refractivity contribution >= 4 is 11.7 Å². The van der Waals surface area contributed by atoms with Crippen LogP contribution in [0.5, 0.6) is 0 Å². The number of carboxylic acids is 1. The van der Waals surface area contributed by atoms with Gasteiger partial charge in [0.2, 0.25) is 0 Å². The summed E-state index contributed by atoms with van der Waals surface area (Å²) in [6, 6.07) is 5.41. The van der Waals surface area contributed by atoms with Crippen LogP contribution in [0.3, 0.4) is 0 Å². The van der Waals surface area contributed by atoms with Gasteiger partial charge in [-0.3, -0.25) is 4.79 Å². The zero-order valence-electron chi connectivity index (χ0n) is 9.92. The molecule has 5 heteroatoms. The van der Waals surface area contributed by atoms with Crippen LogP contribution in [0, 0.1) is 17.2 Å². The molecular formula is C12H15N3O2. The van der Waals surface area contributed by atoms with E-state index in [0.717, 1.165) is 5.69 Å². The highest BCUT2D eigenvalue weighted by Gasteiger charge is 2.15. The minimum Gasteiger partial charge on any atom is -0.481 e. The molecule has 1 rings (SSSR count). The molecule has 17 heavy (non-hydrogen) atoms. The number of aromatic nitrogens is 1. The Morgan fingerprint density at radius 1 is 1.71 bits per heavy atom. The second-order valence-electron chi connectivity index (χ2n) is 3.79. The Labute approximate surface area is 100 Å². The van der Waals surface area contributed by atoms with Gasteiger partial charge in [0.05, 0.1) is 5.92 Å². The minimum absolute atomic E-state index is 0.337. The minimum atomic E-state index is -0.821. The van der Waals surface area contributed by atoms with Crippen molar-refractivity contribution in [2.45, 2.75) is 13.8 Å². The highest BCUT2D eigenvalue weighted by molar-refractivity contribution is 5.70. The summed E-state index contributed by atoms with van der Waals surface area (Å²) in [5, 5.41) is 17.6. The normalized spacial score (nSPS) is 11.6. The average molecular weight is 233 g/mol. The lowest BCUT2D eigenvalue weighted by atomic mass is 10.1. The summed E-state index contributed by atoms with van der Waals surface area (Å²) in [6.45, 7) is 4.71. The first-order valence-corrected chi connectivity index (χ1v) is 5.42. The van der Waals surface area contributed by atoms with Crippen LogP contribution < -0.4 is 4.90 Å². The predicted molar refractivity (Wildman–Crippen MR) is 63.6 cm³/mol. The lowest BCUT2D eigenvalue weighted by molar-refractivity contribution is -0.140. The third-order valence-corrected chi connectivity index (χ3v) is 2.52. The molecule has 5 nitrogen and oxygen atoms in total. The molecule has 1 unspecified atom stereocenters. The molecule has 0 aliphatic heterocycles. The predicted octanol–water partition coefficient (Wildman–Crippen LogP) is 1.50. The number of aliphatic carboxylic acids is 1. The number of hydrogen-bond acceptors (Lipinski definition) is 4. The highest BCUT2D eigenvalue weighted by atomic mass is 16.4. The Morgan fingerprint density at radius 2 is 2.41 bits per heavy atom. The molecule has 1 aromatic rings. The van der Waals surface area contributed by atoms with Crippen molar-refractivity contribution in [1.29, 1.82) is 5.26 Å². The maximum absolute atomic E-state index is 10.8. The summed E-state index contributed by atoms with van der Waals surface area (Å²) in [5.41, 5.74) is 1.16. The lowest BCUT2D eigenvalue weighted by Crippen LogP contribution is -2.31. The molecule has 0 aliphatic carbocycles. The van der Waals surface area contributed by atoms with Crippen LogP contribution >= 0.6 is 0 Å². The standard InChI is InChI=1S/C12H15N3O2/c1-3-15(8-9(2)12(16)17)11-4-5-14-10(6-11)7-13/h4-6,9H,3,8H2,1-2H3,(H,16,17). The van der Waals surface area contributed by atoms with Gasteiger partial charge in [0.1, 0.15) is 11.8 Å². The summed E-state index contributed by atoms with van der Waals surface area (Å²) < 4.78 is 0. The molecular weight excluding hydrogens is 218 g/mol. The molecule has 1 atom stereocenters. The Bertz CT molecular complexity index is 440. The number of anilines is 1.